The van der Waals surface area contributed by atoms with Gasteiger partial charge in [-0.1, -0.05) is 15.9 Å². The number of benzene rings is 1. The van der Waals surface area contributed by atoms with Crippen molar-refractivity contribution >= 4 is 21.8 Å². The minimum Gasteiger partial charge on any atom is -0.381 e. The highest BCUT2D eigenvalue weighted by Gasteiger charge is 2.19. The first-order chi connectivity index (χ1) is 8.66. The summed E-state index contributed by atoms with van der Waals surface area (Å²) >= 11 is 3.37. The summed E-state index contributed by atoms with van der Waals surface area (Å²) < 4.78 is 6.43. The molecule has 0 bridgehead atoms. The van der Waals surface area contributed by atoms with Crippen molar-refractivity contribution in [1.82, 2.24) is 4.90 Å². The Balaban J connectivity index is 1.93. The molecule has 0 saturated carbocycles. The summed E-state index contributed by atoms with van der Waals surface area (Å²) in [7, 11) is 1.86. The predicted molar refractivity (Wildman–Crippen MR) is 74.6 cm³/mol. The zero-order chi connectivity index (χ0) is 13.0. The summed E-state index contributed by atoms with van der Waals surface area (Å²) in [6.07, 6.45) is 2.25. The standard InChI is InChI=1S/C14H18BrNO2/c1-16(9-11-3-2-8-18-10-11)14(17)12-4-6-13(15)7-5-12/h4-7,11H,2-3,8-10H2,1H3. The van der Waals surface area contributed by atoms with Crippen LogP contribution in [0, 0.1) is 5.92 Å². The Labute approximate surface area is 116 Å². The quantitative estimate of drug-likeness (QED) is 0.859. The highest BCUT2D eigenvalue weighted by Crippen LogP contribution is 2.16. The van der Waals surface area contributed by atoms with Crippen molar-refractivity contribution < 1.29 is 9.53 Å². The third kappa shape index (κ3) is 3.56. The molecule has 4 heteroatoms. The number of hydrogen-bond donors (Lipinski definition) is 0. The van der Waals surface area contributed by atoms with E-state index in [2.05, 4.69) is 15.9 Å². The smallest absolute Gasteiger partial charge is 0.253 e. The summed E-state index contributed by atoms with van der Waals surface area (Å²) in [6, 6.07) is 7.48. The maximum absolute atomic E-state index is 12.2. The van der Waals surface area contributed by atoms with Crippen LogP contribution < -0.4 is 0 Å². The van der Waals surface area contributed by atoms with Crippen molar-refractivity contribution in [2.75, 3.05) is 26.8 Å². The number of rotatable bonds is 3. The molecule has 0 spiro atoms. The molecule has 1 atom stereocenters. The monoisotopic (exact) mass is 311 g/mol. The lowest BCUT2D eigenvalue weighted by atomic mass is 10.0. The molecule has 1 aliphatic rings. The SMILES string of the molecule is CN(CC1CCCOC1)C(=O)c1ccc(Br)cc1. The highest BCUT2D eigenvalue weighted by atomic mass is 79.9. The molecule has 1 unspecified atom stereocenters. The van der Waals surface area contributed by atoms with Crippen LogP contribution in [0.4, 0.5) is 0 Å². The summed E-state index contributed by atoms with van der Waals surface area (Å²) in [5.74, 6) is 0.552. The van der Waals surface area contributed by atoms with E-state index in [1.165, 1.54) is 0 Å². The van der Waals surface area contributed by atoms with Gasteiger partial charge in [-0.15, -0.1) is 0 Å². The van der Waals surface area contributed by atoms with E-state index in [0.717, 1.165) is 42.6 Å². The second kappa shape index (κ2) is 6.34. The van der Waals surface area contributed by atoms with Gasteiger partial charge in [-0.25, -0.2) is 0 Å². The van der Waals surface area contributed by atoms with Gasteiger partial charge in [0.15, 0.2) is 0 Å². The average molecular weight is 312 g/mol. The Hall–Kier alpha value is -0.870. The van der Waals surface area contributed by atoms with Gasteiger partial charge >= 0.3 is 0 Å². The minimum atomic E-state index is 0.0769. The van der Waals surface area contributed by atoms with Gasteiger partial charge in [0.05, 0.1) is 6.61 Å². The fourth-order valence-corrected chi connectivity index (χ4v) is 2.50. The van der Waals surface area contributed by atoms with Crippen LogP contribution in [0.2, 0.25) is 0 Å². The zero-order valence-corrected chi connectivity index (χ0v) is 12.1. The number of halogens is 1. The van der Waals surface area contributed by atoms with Gasteiger partial charge in [0, 0.05) is 30.2 Å². The number of ether oxygens (including phenoxy) is 1. The molecular weight excluding hydrogens is 294 g/mol. The van der Waals surface area contributed by atoms with Crippen molar-refractivity contribution in [3.8, 4) is 0 Å². The molecule has 3 nitrogen and oxygen atoms in total. The molecule has 1 heterocycles. The number of nitrogens with zero attached hydrogens (tertiary/aromatic N) is 1. The van der Waals surface area contributed by atoms with E-state index in [9.17, 15) is 4.79 Å². The van der Waals surface area contributed by atoms with Crippen LogP contribution >= 0.6 is 15.9 Å². The minimum absolute atomic E-state index is 0.0769. The van der Waals surface area contributed by atoms with E-state index in [1.807, 2.05) is 31.3 Å². The first kappa shape index (κ1) is 13.6. The number of amides is 1. The molecule has 0 aromatic heterocycles. The van der Waals surface area contributed by atoms with Crippen LogP contribution in [0.25, 0.3) is 0 Å². The molecule has 0 N–H and O–H groups in total. The molecule has 98 valence electrons. The lowest BCUT2D eigenvalue weighted by Crippen LogP contribution is -2.35. The normalized spacial score (nSPS) is 19.6. The zero-order valence-electron chi connectivity index (χ0n) is 10.6. The van der Waals surface area contributed by atoms with E-state index in [-0.39, 0.29) is 5.91 Å². The molecule has 2 rings (SSSR count). The van der Waals surface area contributed by atoms with E-state index < -0.39 is 0 Å². The van der Waals surface area contributed by atoms with E-state index in [1.54, 1.807) is 4.90 Å². The number of carbonyl (C=O) groups excluding carboxylic acids is 1. The molecule has 18 heavy (non-hydrogen) atoms. The van der Waals surface area contributed by atoms with Crippen LogP contribution in [0.5, 0.6) is 0 Å². The fraction of sp³-hybridized carbons (Fsp3) is 0.500. The molecule has 1 saturated heterocycles. The van der Waals surface area contributed by atoms with Gasteiger partial charge in [-0.05, 0) is 43.0 Å². The van der Waals surface area contributed by atoms with Gasteiger partial charge in [0.1, 0.15) is 0 Å². The maximum Gasteiger partial charge on any atom is 0.253 e. The lowest BCUT2D eigenvalue weighted by Gasteiger charge is -2.27. The van der Waals surface area contributed by atoms with Crippen molar-refractivity contribution in [3.63, 3.8) is 0 Å². The van der Waals surface area contributed by atoms with Crippen LogP contribution in [-0.4, -0.2) is 37.6 Å². The predicted octanol–water partition coefficient (Wildman–Crippen LogP) is 2.95. The first-order valence-corrected chi connectivity index (χ1v) is 7.05. The Kier molecular flexibility index (Phi) is 4.78. The van der Waals surface area contributed by atoms with Crippen molar-refractivity contribution in [1.29, 1.82) is 0 Å². The summed E-state index contributed by atoms with van der Waals surface area (Å²) in [5.41, 5.74) is 0.734. The van der Waals surface area contributed by atoms with E-state index in [4.69, 9.17) is 4.74 Å². The summed E-state index contributed by atoms with van der Waals surface area (Å²) in [6.45, 7) is 2.41. The van der Waals surface area contributed by atoms with Crippen LogP contribution in [0.1, 0.15) is 23.2 Å². The van der Waals surface area contributed by atoms with Crippen LogP contribution in [0.15, 0.2) is 28.7 Å². The van der Waals surface area contributed by atoms with Gasteiger partial charge in [-0.3, -0.25) is 4.79 Å². The van der Waals surface area contributed by atoms with Crippen molar-refractivity contribution in [2.45, 2.75) is 12.8 Å². The van der Waals surface area contributed by atoms with Gasteiger partial charge in [-0.2, -0.15) is 0 Å². The third-order valence-electron chi connectivity index (χ3n) is 3.22. The molecule has 1 aromatic rings. The van der Waals surface area contributed by atoms with Gasteiger partial charge in [0.2, 0.25) is 0 Å². The van der Waals surface area contributed by atoms with E-state index in [0.29, 0.717) is 5.92 Å². The molecule has 1 aliphatic heterocycles. The second-order valence-electron chi connectivity index (χ2n) is 4.78. The van der Waals surface area contributed by atoms with Gasteiger partial charge < -0.3 is 9.64 Å². The van der Waals surface area contributed by atoms with Crippen LogP contribution in [-0.2, 0) is 4.74 Å². The lowest BCUT2D eigenvalue weighted by molar-refractivity contribution is 0.0388. The topological polar surface area (TPSA) is 29.5 Å². The Bertz CT molecular complexity index is 399. The second-order valence-corrected chi connectivity index (χ2v) is 5.69. The Morgan fingerprint density at radius 1 is 1.44 bits per heavy atom. The molecule has 1 fully saturated rings. The fourth-order valence-electron chi connectivity index (χ4n) is 2.23. The molecule has 0 radical (unpaired) electrons. The third-order valence-corrected chi connectivity index (χ3v) is 3.75. The Morgan fingerprint density at radius 3 is 2.78 bits per heavy atom. The van der Waals surface area contributed by atoms with Crippen molar-refractivity contribution in [2.24, 2.45) is 5.92 Å². The molecular formula is C14H18BrNO2. The first-order valence-electron chi connectivity index (χ1n) is 6.25. The maximum atomic E-state index is 12.2. The summed E-state index contributed by atoms with van der Waals surface area (Å²) in [4.78, 5) is 14.0. The molecule has 1 aromatic carbocycles. The number of hydrogen-bond acceptors (Lipinski definition) is 2. The molecule has 1 amide bonds. The largest absolute Gasteiger partial charge is 0.381 e. The summed E-state index contributed by atoms with van der Waals surface area (Å²) in [5, 5.41) is 0. The van der Waals surface area contributed by atoms with Crippen LogP contribution in [0.3, 0.4) is 0 Å². The van der Waals surface area contributed by atoms with Gasteiger partial charge in [0.25, 0.3) is 5.91 Å². The number of carbonyl (C=O) groups is 1. The van der Waals surface area contributed by atoms with Crippen molar-refractivity contribution in [3.05, 3.63) is 34.3 Å². The highest BCUT2D eigenvalue weighted by molar-refractivity contribution is 9.10. The van der Waals surface area contributed by atoms with E-state index >= 15 is 0 Å². The Morgan fingerprint density at radius 2 is 2.17 bits per heavy atom. The molecule has 0 aliphatic carbocycles. The average Bonchev–Trinajstić information content (AvgIpc) is 2.40.